The van der Waals surface area contributed by atoms with Crippen LogP contribution < -0.4 is 0 Å². The second kappa shape index (κ2) is 9.15. The minimum Gasteiger partial charge on any atom is -0.394 e. The molecule has 11 nitrogen and oxygen atoms in total. The molecule has 0 aromatic carbocycles. The summed E-state index contributed by atoms with van der Waals surface area (Å²) < 4.78 is 9.99. The fraction of sp³-hybridized carbons (Fsp3) is 1.00. The summed E-state index contributed by atoms with van der Waals surface area (Å²) in [6.07, 6.45) is -14.7. The predicted octanol–water partition coefficient (Wildman–Crippen LogP) is -5.76. The molecule has 0 spiro atoms. The summed E-state index contributed by atoms with van der Waals surface area (Å²) in [5.74, 6) is 0. The molecule has 0 radical (unpaired) electrons. The number of ether oxygens (including phenoxy) is 2. The normalized spacial score (nSPS) is 37.2. The molecule has 0 bridgehead atoms. The zero-order valence-corrected chi connectivity index (χ0v) is 12.2. The van der Waals surface area contributed by atoms with E-state index in [2.05, 4.69) is 0 Å². The third-order valence-corrected chi connectivity index (χ3v) is 3.61. The minimum absolute atomic E-state index is 0.655. The van der Waals surface area contributed by atoms with Gasteiger partial charge in [-0.1, -0.05) is 0 Å². The van der Waals surface area contributed by atoms with Crippen molar-refractivity contribution in [2.24, 2.45) is 0 Å². The van der Waals surface area contributed by atoms with Crippen molar-refractivity contribution in [3.05, 3.63) is 0 Å². The van der Waals surface area contributed by atoms with Crippen LogP contribution in [0.3, 0.4) is 0 Å². The van der Waals surface area contributed by atoms with E-state index >= 15 is 0 Å². The van der Waals surface area contributed by atoms with E-state index in [4.69, 9.17) is 19.7 Å². The SMILES string of the molecule is OC[C@@H](O)[C@H](O)[C@@H](O)[C@@H](O)COC1O[C@H](CO)[C@@H](O)[C@H](O)[C@H]1O. The molecule has 1 unspecified atom stereocenters. The Morgan fingerprint density at radius 2 is 1.39 bits per heavy atom. The van der Waals surface area contributed by atoms with Crippen molar-refractivity contribution < 1.29 is 55.4 Å². The summed E-state index contributed by atoms with van der Waals surface area (Å²) >= 11 is 0. The number of rotatable bonds is 8. The molecule has 1 heterocycles. The lowest BCUT2D eigenvalue weighted by molar-refractivity contribution is -0.306. The molecule has 0 saturated carbocycles. The Morgan fingerprint density at radius 1 is 0.826 bits per heavy atom. The van der Waals surface area contributed by atoms with Crippen molar-refractivity contribution in [2.75, 3.05) is 19.8 Å². The summed E-state index contributed by atoms with van der Waals surface area (Å²) in [5.41, 5.74) is 0. The van der Waals surface area contributed by atoms with Gasteiger partial charge in [-0.3, -0.25) is 0 Å². The fourth-order valence-corrected chi connectivity index (χ4v) is 2.06. The van der Waals surface area contributed by atoms with E-state index in [1.165, 1.54) is 0 Å². The first kappa shape index (κ1) is 20.6. The van der Waals surface area contributed by atoms with Crippen LogP contribution in [-0.2, 0) is 9.47 Å². The number of hydrogen-bond acceptors (Lipinski definition) is 11. The second-order valence-electron chi connectivity index (χ2n) is 5.33. The highest BCUT2D eigenvalue weighted by molar-refractivity contribution is 4.89. The lowest BCUT2D eigenvalue weighted by Gasteiger charge is -2.40. The third-order valence-electron chi connectivity index (χ3n) is 3.61. The summed E-state index contributed by atoms with van der Waals surface area (Å²) in [4.78, 5) is 0. The lowest BCUT2D eigenvalue weighted by atomic mass is 9.99. The van der Waals surface area contributed by atoms with Gasteiger partial charge in [0.05, 0.1) is 19.8 Å². The van der Waals surface area contributed by atoms with E-state index in [1.807, 2.05) is 0 Å². The standard InChI is InChI=1S/C12H24O11/c13-1-4(15)7(17)8(18)5(16)3-22-12-11(21)10(20)9(19)6(2-14)23-12/h4-21H,1-3H2/t4-,5+,6-,7+,8+,9-,10+,11-,12?/m1/s1. The summed E-state index contributed by atoms with van der Waals surface area (Å²) in [6, 6.07) is 0. The fourth-order valence-electron chi connectivity index (χ4n) is 2.06. The van der Waals surface area contributed by atoms with Crippen LogP contribution >= 0.6 is 0 Å². The molecule has 9 N–H and O–H groups in total. The van der Waals surface area contributed by atoms with Gasteiger partial charge >= 0.3 is 0 Å². The van der Waals surface area contributed by atoms with Gasteiger partial charge in [0.25, 0.3) is 0 Å². The van der Waals surface area contributed by atoms with E-state index in [0.29, 0.717) is 0 Å². The van der Waals surface area contributed by atoms with Crippen molar-refractivity contribution in [1.29, 1.82) is 0 Å². The largest absolute Gasteiger partial charge is 0.394 e. The van der Waals surface area contributed by atoms with Crippen molar-refractivity contribution in [1.82, 2.24) is 0 Å². The van der Waals surface area contributed by atoms with Gasteiger partial charge in [-0.05, 0) is 0 Å². The molecule has 0 amide bonds. The van der Waals surface area contributed by atoms with Gasteiger partial charge in [0.15, 0.2) is 6.29 Å². The Kier molecular flexibility index (Phi) is 8.20. The Morgan fingerprint density at radius 3 is 1.91 bits per heavy atom. The van der Waals surface area contributed by atoms with E-state index in [0.717, 1.165) is 0 Å². The Bertz CT molecular complexity index is 341. The minimum atomic E-state index is -1.86. The molecular weight excluding hydrogens is 320 g/mol. The molecule has 138 valence electrons. The van der Waals surface area contributed by atoms with Crippen LogP contribution in [0.5, 0.6) is 0 Å². The molecule has 23 heavy (non-hydrogen) atoms. The molecule has 9 atom stereocenters. The third kappa shape index (κ3) is 5.01. The zero-order valence-electron chi connectivity index (χ0n) is 12.2. The van der Waals surface area contributed by atoms with Gasteiger partial charge in [-0.2, -0.15) is 0 Å². The summed E-state index contributed by atoms with van der Waals surface area (Å²) in [5, 5.41) is 84.4. The highest BCUT2D eigenvalue weighted by Gasteiger charge is 2.44. The van der Waals surface area contributed by atoms with Crippen LogP contribution in [0.15, 0.2) is 0 Å². The molecular formula is C12H24O11. The van der Waals surface area contributed by atoms with Gasteiger partial charge in [0.1, 0.15) is 48.8 Å². The topological polar surface area (TPSA) is 201 Å². The monoisotopic (exact) mass is 344 g/mol. The van der Waals surface area contributed by atoms with Crippen molar-refractivity contribution in [2.45, 2.75) is 55.1 Å². The van der Waals surface area contributed by atoms with Crippen molar-refractivity contribution in [3.63, 3.8) is 0 Å². The zero-order chi connectivity index (χ0) is 17.7. The maximum absolute atomic E-state index is 9.70. The molecule has 1 rings (SSSR count). The molecule has 1 aliphatic heterocycles. The van der Waals surface area contributed by atoms with Gasteiger partial charge in [0, 0.05) is 0 Å². The first-order valence-corrected chi connectivity index (χ1v) is 6.99. The van der Waals surface area contributed by atoms with E-state index in [9.17, 15) is 35.7 Å². The molecule has 1 saturated heterocycles. The maximum atomic E-state index is 9.70. The number of aliphatic hydroxyl groups excluding tert-OH is 9. The Hall–Kier alpha value is -0.440. The molecule has 0 aliphatic carbocycles. The molecule has 1 aliphatic rings. The van der Waals surface area contributed by atoms with Crippen LogP contribution in [-0.4, -0.2) is 121 Å². The average molecular weight is 344 g/mol. The summed E-state index contributed by atoms with van der Waals surface area (Å²) in [6.45, 7) is -2.16. The van der Waals surface area contributed by atoms with Gasteiger partial charge in [-0.25, -0.2) is 0 Å². The quantitative estimate of drug-likeness (QED) is 0.203. The van der Waals surface area contributed by atoms with Crippen LogP contribution in [0.2, 0.25) is 0 Å². The first-order valence-electron chi connectivity index (χ1n) is 6.99. The average Bonchev–Trinajstić information content (AvgIpc) is 2.56. The highest BCUT2D eigenvalue weighted by atomic mass is 16.7. The predicted molar refractivity (Wildman–Crippen MR) is 70.8 cm³/mol. The van der Waals surface area contributed by atoms with Crippen LogP contribution in [0, 0.1) is 0 Å². The highest BCUT2D eigenvalue weighted by Crippen LogP contribution is 2.22. The van der Waals surface area contributed by atoms with E-state index in [1.54, 1.807) is 0 Å². The molecule has 11 heteroatoms. The number of aliphatic hydroxyl groups is 9. The molecule has 0 aromatic rings. The number of hydrogen-bond donors (Lipinski definition) is 9. The maximum Gasteiger partial charge on any atom is 0.186 e. The van der Waals surface area contributed by atoms with Crippen LogP contribution in [0.1, 0.15) is 0 Å². The Balaban J connectivity index is 2.55. The van der Waals surface area contributed by atoms with Gasteiger partial charge in [0.2, 0.25) is 0 Å². The molecule has 1 fully saturated rings. The Labute approximate surface area is 131 Å². The lowest BCUT2D eigenvalue weighted by Crippen LogP contribution is -2.59. The summed E-state index contributed by atoms with van der Waals surface area (Å²) in [7, 11) is 0. The van der Waals surface area contributed by atoms with Gasteiger partial charge < -0.3 is 55.4 Å². The van der Waals surface area contributed by atoms with Crippen LogP contribution in [0.25, 0.3) is 0 Å². The first-order chi connectivity index (χ1) is 10.7. The van der Waals surface area contributed by atoms with Crippen molar-refractivity contribution in [3.8, 4) is 0 Å². The van der Waals surface area contributed by atoms with E-state index < -0.39 is 74.9 Å². The van der Waals surface area contributed by atoms with Crippen molar-refractivity contribution >= 4 is 0 Å². The smallest absolute Gasteiger partial charge is 0.186 e. The van der Waals surface area contributed by atoms with Gasteiger partial charge in [-0.15, -0.1) is 0 Å². The molecule has 0 aromatic heterocycles. The van der Waals surface area contributed by atoms with E-state index in [-0.39, 0.29) is 0 Å². The van der Waals surface area contributed by atoms with Crippen LogP contribution in [0.4, 0.5) is 0 Å². The second-order valence-corrected chi connectivity index (χ2v) is 5.33.